The molecule has 0 aromatic carbocycles. The predicted octanol–water partition coefficient (Wildman–Crippen LogP) is 1.34. The van der Waals surface area contributed by atoms with Crippen molar-refractivity contribution in [1.29, 1.82) is 0 Å². The second kappa shape index (κ2) is 2.94. The van der Waals surface area contributed by atoms with E-state index in [-0.39, 0.29) is 12.3 Å². The molecule has 0 radical (unpaired) electrons. The average molecular weight is 155 g/mol. The molecule has 0 amide bonds. The maximum Gasteiger partial charge on any atom is 0.146 e. The van der Waals surface area contributed by atoms with Crippen LogP contribution in [-0.4, -0.2) is 12.3 Å². The third kappa shape index (κ3) is 2.29. The first-order valence-electron chi connectivity index (χ1n) is 4.25. The Hall–Kier alpha value is -0.370. The molecule has 0 unspecified atom stereocenters. The Morgan fingerprint density at radius 2 is 2.09 bits per heavy atom. The third-order valence-corrected chi connectivity index (χ3v) is 2.43. The summed E-state index contributed by atoms with van der Waals surface area (Å²) < 4.78 is 0. The lowest BCUT2D eigenvalue weighted by atomic mass is 9.63. The highest BCUT2D eigenvalue weighted by molar-refractivity contribution is 5.80. The molecule has 0 aliphatic heterocycles. The first-order valence-corrected chi connectivity index (χ1v) is 4.25. The van der Waals surface area contributed by atoms with Gasteiger partial charge in [-0.1, -0.05) is 13.8 Å². The van der Waals surface area contributed by atoms with Crippen LogP contribution < -0.4 is 5.73 Å². The van der Waals surface area contributed by atoms with Gasteiger partial charge in [-0.3, -0.25) is 4.79 Å². The zero-order valence-corrected chi connectivity index (χ0v) is 7.39. The summed E-state index contributed by atoms with van der Waals surface area (Å²) in [6, 6.07) is 0. The molecular formula is C9H17NO. The minimum Gasteiger partial charge on any atom is -0.324 e. The van der Waals surface area contributed by atoms with E-state index in [9.17, 15) is 4.79 Å². The van der Waals surface area contributed by atoms with E-state index < -0.39 is 0 Å². The Kier molecular flexibility index (Phi) is 2.33. The number of carbonyl (C=O) groups excluding carboxylic acids is 1. The summed E-state index contributed by atoms with van der Waals surface area (Å²) in [4.78, 5) is 10.9. The van der Waals surface area contributed by atoms with Crippen molar-refractivity contribution in [3.63, 3.8) is 0 Å². The van der Waals surface area contributed by atoms with Gasteiger partial charge in [0.05, 0.1) is 6.54 Å². The van der Waals surface area contributed by atoms with E-state index in [4.69, 9.17) is 5.73 Å². The van der Waals surface area contributed by atoms with Gasteiger partial charge in [0.25, 0.3) is 0 Å². The zero-order valence-electron chi connectivity index (χ0n) is 7.39. The molecule has 0 aromatic heterocycles. The van der Waals surface area contributed by atoms with Gasteiger partial charge in [-0.2, -0.15) is 0 Å². The fourth-order valence-electron chi connectivity index (χ4n) is 2.05. The molecule has 0 aromatic rings. The molecule has 2 nitrogen and oxygen atoms in total. The van der Waals surface area contributed by atoms with Gasteiger partial charge in [0.15, 0.2) is 0 Å². The summed E-state index contributed by atoms with van der Waals surface area (Å²) in [7, 11) is 0. The summed E-state index contributed by atoms with van der Waals surface area (Å²) in [6.07, 6.45) is 3.09. The van der Waals surface area contributed by atoms with Crippen LogP contribution in [0.25, 0.3) is 0 Å². The van der Waals surface area contributed by atoms with E-state index >= 15 is 0 Å². The highest BCUT2D eigenvalue weighted by atomic mass is 16.1. The van der Waals surface area contributed by atoms with E-state index in [1.807, 2.05) is 0 Å². The Bertz CT molecular complexity index is 155. The molecule has 64 valence electrons. The quantitative estimate of drug-likeness (QED) is 0.668. The number of Topliss-reactive ketones (excluding diaryl/α,β-unsaturated/α-hetero) is 1. The summed E-state index contributed by atoms with van der Waals surface area (Å²) in [6.45, 7) is 4.71. The van der Waals surface area contributed by atoms with Crippen LogP contribution in [0.3, 0.4) is 0 Å². The van der Waals surface area contributed by atoms with Gasteiger partial charge < -0.3 is 5.73 Å². The summed E-state index contributed by atoms with van der Waals surface area (Å²) in [5, 5.41) is 0. The maximum absolute atomic E-state index is 10.9. The molecule has 0 saturated heterocycles. The van der Waals surface area contributed by atoms with Crippen molar-refractivity contribution in [2.75, 3.05) is 6.54 Å². The highest BCUT2D eigenvalue weighted by Gasteiger charge is 2.36. The maximum atomic E-state index is 10.9. The van der Waals surface area contributed by atoms with Crippen LogP contribution in [-0.2, 0) is 4.79 Å². The predicted molar refractivity (Wildman–Crippen MR) is 45.2 cm³/mol. The minimum absolute atomic E-state index is 0.213. The van der Waals surface area contributed by atoms with E-state index in [0.717, 1.165) is 0 Å². The molecular weight excluding hydrogens is 138 g/mol. The molecule has 1 fully saturated rings. The van der Waals surface area contributed by atoms with E-state index in [2.05, 4.69) is 13.8 Å². The SMILES string of the molecule is CC1(C)CC(CC(=O)CN)C1. The lowest BCUT2D eigenvalue weighted by Gasteiger charge is -2.42. The van der Waals surface area contributed by atoms with Gasteiger partial charge in [-0.15, -0.1) is 0 Å². The molecule has 0 spiro atoms. The molecule has 1 rings (SSSR count). The van der Waals surface area contributed by atoms with Crippen LogP contribution in [0.1, 0.15) is 33.1 Å². The van der Waals surface area contributed by atoms with Crippen LogP contribution in [0.2, 0.25) is 0 Å². The Labute approximate surface area is 68.2 Å². The standard InChI is InChI=1S/C9H17NO/c1-9(2)4-7(5-9)3-8(11)6-10/h7H,3-6,10H2,1-2H3. The lowest BCUT2D eigenvalue weighted by Crippen LogP contribution is -2.34. The molecule has 0 atom stereocenters. The molecule has 2 N–H and O–H groups in total. The van der Waals surface area contributed by atoms with E-state index in [1.54, 1.807) is 0 Å². The molecule has 2 heteroatoms. The molecule has 1 saturated carbocycles. The summed E-state index contributed by atoms with van der Waals surface area (Å²) in [5.74, 6) is 0.839. The van der Waals surface area contributed by atoms with Gasteiger partial charge in [-0.05, 0) is 24.2 Å². The first kappa shape index (κ1) is 8.72. The second-order valence-electron chi connectivity index (χ2n) is 4.39. The smallest absolute Gasteiger partial charge is 0.146 e. The number of ketones is 1. The number of hydrogen-bond acceptors (Lipinski definition) is 2. The van der Waals surface area contributed by atoms with Gasteiger partial charge in [0.1, 0.15) is 5.78 Å². The van der Waals surface area contributed by atoms with Crippen LogP contribution in [0.15, 0.2) is 0 Å². The number of hydrogen-bond donors (Lipinski definition) is 1. The monoisotopic (exact) mass is 155 g/mol. The molecule has 11 heavy (non-hydrogen) atoms. The Morgan fingerprint density at radius 1 is 1.55 bits per heavy atom. The fourth-order valence-corrected chi connectivity index (χ4v) is 2.05. The van der Waals surface area contributed by atoms with E-state index in [0.29, 0.717) is 17.8 Å². The van der Waals surface area contributed by atoms with Crippen molar-refractivity contribution >= 4 is 5.78 Å². The second-order valence-corrected chi connectivity index (χ2v) is 4.39. The molecule has 0 heterocycles. The van der Waals surface area contributed by atoms with Gasteiger partial charge >= 0.3 is 0 Å². The number of carbonyl (C=O) groups is 1. The zero-order chi connectivity index (χ0) is 8.48. The number of rotatable bonds is 3. The molecule has 0 bridgehead atoms. The lowest BCUT2D eigenvalue weighted by molar-refractivity contribution is -0.120. The molecule has 1 aliphatic carbocycles. The first-order chi connectivity index (χ1) is 5.03. The molecule has 1 aliphatic rings. The Balaban J connectivity index is 2.19. The van der Waals surface area contributed by atoms with Crippen molar-refractivity contribution in [2.45, 2.75) is 33.1 Å². The van der Waals surface area contributed by atoms with Crippen molar-refractivity contribution in [1.82, 2.24) is 0 Å². The minimum atomic E-state index is 0.213. The van der Waals surface area contributed by atoms with Gasteiger partial charge in [0, 0.05) is 6.42 Å². The van der Waals surface area contributed by atoms with Crippen molar-refractivity contribution in [3.8, 4) is 0 Å². The van der Waals surface area contributed by atoms with Crippen LogP contribution in [0.4, 0.5) is 0 Å². The Morgan fingerprint density at radius 3 is 2.45 bits per heavy atom. The topological polar surface area (TPSA) is 43.1 Å². The fraction of sp³-hybridized carbons (Fsp3) is 0.889. The average Bonchev–Trinajstić information content (AvgIpc) is 1.83. The van der Waals surface area contributed by atoms with Crippen LogP contribution in [0, 0.1) is 11.3 Å². The summed E-state index contributed by atoms with van der Waals surface area (Å²) >= 11 is 0. The van der Waals surface area contributed by atoms with Crippen LogP contribution >= 0.6 is 0 Å². The van der Waals surface area contributed by atoms with Crippen molar-refractivity contribution in [3.05, 3.63) is 0 Å². The summed E-state index contributed by atoms with van der Waals surface area (Å²) in [5.41, 5.74) is 5.70. The van der Waals surface area contributed by atoms with Crippen LogP contribution in [0.5, 0.6) is 0 Å². The third-order valence-electron chi connectivity index (χ3n) is 2.43. The van der Waals surface area contributed by atoms with Crippen molar-refractivity contribution in [2.24, 2.45) is 17.1 Å². The van der Waals surface area contributed by atoms with Gasteiger partial charge in [0.2, 0.25) is 0 Å². The largest absolute Gasteiger partial charge is 0.324 e. The van der Waals surface area contributed by atoms with E-state index in [1.165, 1.54) is 12.8 Å². The van der Waals surface area contributed by atoms with Crippen molar-refractivity contribution < 1.29 is 4.79 Å². The highest BCUT2D eigenvalue weighted by Crippen LogP contribution is 2.46. The number of nitrogens with two attached hydrogens (primary N) is 1. The van der Waals surface area contributed by atoms with Gasteiger partial charge in [-0.25, -0.2) is 0 Å². The normalized spacial score (nSPS) is 22.8.